The Kier molecular flexibility index (Phi) is 9.97. The first-order valence-corrected chi connectivity index (χ1v) is 5.85. The molecule has 0 unspecified atom stereocenters. The largest absolute Gasteiger partial charge is 0.370 e. The molecule has 0 saturated carbocycles. The molecule has 17 heavy (non-hydrogen) atoms. The first-order chi connectivity index (χ1) is 8.28. The van der Waals surface area contributed by atoms with Gasteiger partial charge in [-0.2, -0.15) is 0 Å². The molecule has 0 spiro atoms. The lowest BCUT2D eigenvalue weighted by Gasteiger charge is -2.19. The summed E-state index contributed by atoms with van der Waals surface area (Å²) < 4.78 is 0. The molecule has 0 aromatic carbocycles. The van der Waals surface area contributed by atoms with Crippen LogP contribution in [0.1, 0.15) is 0 Å². The van der Waals surface area contributed by atoms with E-state index in [1.165, 1.54) is 0 Å². The summed E-state index contributed by atoms with van der Waals surface area (Å²) in [6, 6.07) is 0. The molecule has 0 atom stereocenters. The van der Waals surface area contributed by atoms with Crippen LogP contribution in [0.2, 0.25) is 0 Å². The van der Waals surface area contributed by atoms with Gasteiger partial charge in [0.25, 0.3) is 0 Å². The molecule has 0 saturated heterocycles. The van der Waals surface area contributed by atoms with Gasteiger partial charge in [0.15, 0.2) is 0 Å². The molecular formula is C15H24N2. The van der Waals surface area contributed by atoms with E-state index < -0.39 is 0 Å². The number of rotatable bonds is 11. The standard InChI is InChI=1S/C15H24N2/c1-5-10-16(11-6-2)14-9-15-17(12-7-3)13-8-4/h5-9,14H,1-4,10-13,15H2/b14-9-. The minimum Gasteiger partial charge on any atom is -0.370 e. The van der Waals surface area contributed by atoms with Gasteiger partial charge in [-0.25, -0.2) is 0 Å². The molecule has 2 heteroatoms. The first kappa shape index (κ1) is 15.5. The summed E-state index contributed by atoms with van der Waals surface area (Å²) in [6.07, 6.45) is 11.8. The molecular weight excluding hydrogens is 208 g/mol. The Morgan fingerprint density at radius 3 is 1.53 bits per heavy atom. The van der Waals surface area contributed by atoms with E-state index in [9.17, 15) is 0 Å². The number of nitrogens with zero attached hydrogens (tertiary/aromatic N) is 2. The number of hydrogen-bond donors (Lipinski definition) is 0. The van der Waals surface area contributed by atoms with E-state index in [1.54, 1.807) is 0 Å². The second-order valence-electron chi connectivity index (χ2n) is 3.71. The minimum absolute atomic E-state index is 0.839. The van der Waals surface area contributed by atoms with Crippen LogP contribution in [-0.4, -0.2) is 42.5 Å². The van der Waals surface area contributed by atoms with Crippen LogP contribution in [0.3, 0.4) is 0 Å². The quantitative estimate of drug-likeness (QED) is 0.505. The van der Waals surface area contributed by atoms with E-state index in [0.29, 0.717) is 0 Å². The fourth-order valence-corrected chi connectivity index (χ4v) is 1.46. The summed E-state index contributed by atoms with van der Waals surface area (Å²) in [5, 5.41) is 0. The van der Waals surface area contributed by atoms with Crippen LogP contribution in [0.5, 0.6) is 0 Å². The predicted molar refractivity (Wildman–Crippen MR) is 77.9 cm³/mol. The summed E-state index contributed by atoms with van der Waals surface area (Å²) in [6.45, 7) is 19.3. The van der Waals surface area contributed by atoms with E-state index in [2.05, 4.69) is 48.4 Å². The monoisotopic (exact) mass is 232 g/mol. The lowest BCUT2D eigenvalue weighted by atomic mass is 10.4. The zero-order valence-corrected chi connectivity index (χ0v) is 10.7. The van der Waals surface area contributed by atoms with Gasteiger partial charge in [-0.15, -0.1) is 26.3 Å². The maximum atomic E-state index is 3.75. The Hall–Kier alpha value is -1.54. The smallest absolute Gasteiger partial charge is 0.0354 e. The molecule has 0 heterocycles. The topological polar surface area (TPSA) is 6.48 Å². The maximum absolute atomic E-state index is 3.75. The minimum atomic E-state index is 0.839. The van der Waals surface area contributed by atoms with Crippen LogP contribution in [0.4, 0.5) is 0 Å². The van der Waals surface area contributed by atoms with Crippen molar-refractivity contribution < 1.29 is 0 Å². The van der Waals surface area contributed by atoms with Gasteiger partial charge in [0.2, 0.25) is 0 Å². The van der Waals surface area contributed by atoms with Gasteiger partial charge in [-0.1, -0.05) is 30.4 Å². The Morgan fingerprint density at radius 2 is 1.12 bits per heavy atom. The fourth-order valence-electron chi connectivity index (χ4n) is 1.46. The summed E-state index contributed by atoms with van der Waals surface area (Å²) in [5.74, 6) is 0. The highest BCUT2D eigenvalue weighted by atomic mass is 15.1. The highest BCUT2D eigenvalue weighted by molar-refractivity contribution is 4.93. The van der Waals surface area contributed by atoms with Gasteiger partial charge >= 0.3 is 0 Å². The molecule has 0 aliphatic carbocycles. The van der Waals surface area contributed by atoms with Crippen molar-refractivity contribution in [1.82, 2.24) is 9.80 Å². The first-order valence-electron chi connectivity index (χ1n) is 5.85. The van der Waals surface area contributed by atoms with E-state index in [-0.39, 0.29) is 0 Å². The molecule has 0 rings (SSSR count). The second kappa shape index (κ2) is 11.0. The van der Waals surface area contributed by atoms with Gasteiger partial charge in [0.05, 0.1) is 0 Å². The molecule has 0 bridgehead atoms. The van der Waals surface area contributed by atoms with E-state index in [0.717, 1.165) is 32.7 Å². The molecule has 0 fully saturated rings. The van der Waals surface area contributed by atoms with Gasteiger partial charge < -0.3 is 4.90 Å². The Bertz CT molecular complexity index is 246. The zero-order valence-electron chi connectivity index (χ0n) is 10.7. The van der Waals surface area contributed by atoms with Gasteiger partial charge in [0.1, 0.15) is 0 Å². The normalized spacial score (nSPS) is 10.4. The average Bonchev–Trinajstić information content (AvgIpc) is 2.30. The molecule has 0 N–H and O–H groups in total. The van der Waals surface area contributed by atoms with Gasteiger partial charge in [-0.05, 0) is 6.20 Å². The van der Waals surface area contributed by atoms with Crippen molar-refractivity contribution in [2.24, 2.45) is 0 Å². The maximum Gasteiger partial charge on any atom is 0.0354 e. The van der Waals surface area contributed by atoms with Crippen molar-refractivity contribution in [3.63, 3.8) is 0 Å². The zero-order chi connectivity index (χ0) is 12.9. The van der Waals surface area contributed by atoms with Crippen LogP contribution in [0, 0.1) is 0 Å². The van der Waals surface area contributed by atoms with Crippen molar-refractivity contribution >= 4 is 0 Å². The average molecular weight is 232 g/mol. The molecule has 0 aliphatic rings. The predicted octanol–water partition coefficient (Wildman–Crippen LogP) is 2.85. The Labute approximate surface area is 106 Å². The summed E-state index contributed by atoms with van der Waals surface area (Å²) >= 11 is 0. The second-order valence-corrected chi connectivity index (χ2v) is 3.71. The third-order valence-electron chi connectivity index (χ3n) is 2.18. The van der Waals surface area contributed by atoms with Crippen molar-refractivity contribution in [2.45, 2.75) is 0 Å². The van der Waals surface area contributed by atoms with Crippen LogP contribution in [0.25, 0.3) is 0 Å². The third kappa shape index (κ3) is 8.29. The van der Waals surface area contributed by atoms with E-state index in [1.807, 2.05) is 24.3 Å². The van der Waals surface area contributed by atoms with Crippen molar-refractivity contribution in [2.75, 3.05) is 32.7 Å². The highest BCUT2D eigenvalue weighted by Gasteiger charge is 1.97. The summed E-state index contributed by atoms with van der Waals surface area (Å²) in [4.78, 5) is 4.40. The van der Waals surface area contributed by atoms with Gasteiger partial charge in [0, 0.05) is 32.7 Å². The Balaban J connectivity index is 4.16. The highest BCUT2D eigenvalue weighted by Crippen LogP contribution is 1.94. The summed E-state index contributed by atoms with van der Waals surface area (Å²) in [5.41, 5.74) is 0. The lowest BCUT2D eigenvalue weighted by molar-refractivity contribution is 0.368. The van der Waals surface area contributed by atoms with Crippen LogP contribution in [-0.2, 0) is 0 Å². The fraction of sp³-hybridized carbons (Fsp3) is 0.333. The molecule has 94 valence electrons. The molecule has 0 amide bonds. The van der Waals surface area contributed by atoms with Crippen molar-refractivity contribution in [3.05, 3.63) is 62.9 Å². The number of hydrogen-bond acceptors (Lipinski definition) is 2. The molecule has 0 aromatic heterocycles. The van der Waals surface area contributed by atoms with Crippen molar-refractivity contribution in [3.8, 4) is 0 Å². The van der Waals surface area contributed by atoms with E-state index >= 15 is 0 Å². The van der Waals surface area contributed by atoms with Crippen LogP contribution < -0.4 is 0 Å². The Morgan fingerprint density at radius 1 is 0.647 bits per heavy atom. The summed E-state index contributed by atoms with van der Waals surface area (Å²) in [7, 11) is 0. The van der Waals surface area contributed by atoms with Gasteiger partial charge in [-0.3, -0.25) is 4.90 Å². The molecule has 0 aliphatic heterocycles. The molecule has 2 nitrogen and oxygen atoms in total. The molecule has 0 aromatic rings. The van der Waals surface area contributed by atoms with E-state index in [4.69, 9.17) is 0 Å². The molecule has 0 radical (unpaired) electrons. The van der Waals surface area contributed by atoms with Crippen molar-refractivity contribution in [1.29, 1.82) is 0 Å². The van der Waals surface area contributed by atoms with Crippen LogP contribution >= 0.6 is 0 Å². The lowest BCUT2D eigenvalue weighted by Crippen LogP contribution is -2.24. The van der Waals surface area contributed by atoms with Crippen LogP contribution in [0.15, 0.2) is 62.9 Å². The third-order valence-corrected chi connectivity index (χ3v) is 2.18. The SMILES string of the molecule is C=CCN(/C=C\CN(CC=C)CC=C)CC=C.